The highest BCUT2D eigenvalue weighted by molar-refractivity contribution is 5.99. The Hall–Kier alpha value is -5.64. The van der Waals surface area contributed by atoms with Crippen molar-refractivity contribution >= 4 is 54.6 Å². The van der Waals surface area contributed by atoms with E-state index in [0.29, 0.717) is 11.1 Å². The van der Waals surface area contributed by atoms with Crippen molar-refractivity contribution in [3.05, 3.63) is 120 Å². The highest BCUT2D eigenvalue weighted by Gasteiger charge is 2.28. The van der Waals surface area contributed by atoms with Crippen LogP contribution in [0, 0.1) is 34.9 Å². The van der Waals surface area contributed by atoms with Crippen LogP contribution in [0.15, 0.2) is 84.9 Å². The van der Waals surface area contributed by atoms with Gasteiger partial charge in [0.15, 0.2) is 34.9 Å². The molecule has 0 fully saturated rings. The monoisotopic (exact) mass is 592 g/mol. The second-order valence-corrected chi connectivity index (χ2v) is 10.2. The first kappa shape index (κ1) is 26.0. The molecule has 0 saturated heterocycles. The Labute approximate surface area is 243 Å². The summed E-state index contributed by atoms with van der Waals surface area (Å²) >= 11 is 0. The quantitative estimate of drug-likeness (QED) is 0.0869. The van der Waals surface area contributed by atoms with Gasteiger partial charge < -0.3 is 0 Å². The van der Waals surface area contributed by atoms with E-state index in [0.717, 1.165) is 21.5 Å². The lowest BCUT2D eigenvalue weighted by Gasteiger charge is -2.14. The SMILES string of the molecule is Fc1c(F)c(F)c2nc3c(F)c4nc(-c5ccc6ccccc6c5)c(-c5ccc6ccccc6c5)nc4c(F)c3nc2c1F. The molecule has 0 unspecified atom stereocenters. The molecule has 0 saturated carbocycles. The lowest BCUT2D eigenvalue weighted by molar-refractivity contribution is 0.416. The smallest absolute Gasteiger partial charge is 0.199 e. The van der Waals surface area contributed by atoms with Crippen LogP contribution in [0.3, 0.4) is 0 Å². The van der Waals surface area contributed by atoms with Gasteiger partial charge in [0, 0.05) is 11.1 Å². The Morgan fingerprint density at radius 2 is 0.659 bits per heavy atom. The minimum atomic E-state index is -2.15. The van der Waals surface area contributed by atoms with E-state index in [1.165, 1.54) is 0 Å². The highest BCUT2D eigenvalue weighted by Crippen LogP contribution is 2.37. The van der Waals surface area contributed by atoms with Crippen LogP contribution in [0.25, 0.3) is 77.2 Å². The molecule has 8 aromatic rings. The second kappa shape index (κ2) is 9.43. The largest absolute Gasteiger partial charge is 0.241 e. The molecule has 2 aromatic heterocycles. The molecular weight excluding hydrogens is 578 g/mol. The van der Waals surface area contributed by atoms with Gasteiger partial charge in [-0.3, -0.25) is 0 Å². The van der Waals surface area contributed by atoms with E-state index in [1.54, 1.807) is 12.1 Å². The van der Waals surface area contributed by atoms with Crippen molar-refractivity contribution in [2.45, 2.75) is 0 Å². The average Bonchev–Trinajstić information content (AvgIpc) is 3.07. The third-order valence-electron chi connectivity index (χ3n) is 7.66. The van der Waals surface area contributed by atoms with E-state index >= 15 is 8.78 Å². The van der Waals surface area contributed by atoms with Crippen molar-refractivity contribution < 1.29 is 26.3 Å². The number of hydrogen-bond acceptors (Lipinski definition) is 4. The summed E-state index contributed by atoms with van der Waals surface area (Å²) in [5, 5.41) is 3.62. The van der Waals surface area contributed by atoms with Crippen molar-refractivity contribution in [3.8, 4) is 22.5 Å². The molecule has 8 rings (SSSR count). The summed E-state index contributed by atoms with van der Waals surface area (Å²) in [6, 6.07) is 26.1. The summed E-state index contributed by atoms with van der Waals surface area (Å²) in [6.45, 7) is 0. The zero-order valence-electron chi connectivity index (χ0n) is 22.1. The Balaban J connectivity index is 1.49. The average molecular weight is 593 g/mol. The van der Waals surface area contributed by atoms with Crippen LogP contribution >= 0.6 is 0 Å². The standard InChI is InChI=1S/C34H14F6N4/c35-21-22(36)24(38)30-29(23(21)37)43-33-25(39)31-32(26(40)34(33)44-30)42-28(20-12-10-16-6-2-4-8-18(16)14-20)27(41-31)19-11-9-15-5-1-3-7-17(15)13-19/h1-14H. The van der Waals surface area contributed by atoms with Gasteiger partial charge in [0.1, 0.15) is 33.1 Å². The minimum absolute atomic E-state index is 0.218. The van der Waals surface area contributed by atoms with Crippen LogP contribution < -0.4 is 0 Å². The molecule has 0 aliphatic carbocycles. The fraction of sp³-hybridized carbons (Fsp3) is 0. The number of nitrogens with zero attached hydrogens (tertiary/aromatic N) is 4. The first-order valence-electron chi connectivity index (χ1n) is 13.3. The number of fused-ring (bicyclic) bond motifs is 5. The number of rotatable bonds is 2. The molecule has 2 heterocycles. The van der Waals surface area contributed by atoms with Crippen molar-refractivity contribution in [2.24, 2.45) is 0 Å². The number of aromatic nitrogens is 4. The van der Waals surface area contributed by atoms with E-state index in [1.807, 2.05) is 72.8 Å². The van der Waals surface area contributed by atoms with Gasteiger partial charge >= 0.3 is 0 Å². The van der Waals surface area contributed by atoms with Gasteiger partial charge in [0.2, 0.25) is 0 Å². The van der Waals surface area contributed by atoms with E-state index in [-0.39, 0.29) is 11.4 Å². The molecule has 0 atom stereocenters. The fourth-order valence-electron chi connectivity index (χ4n) is 5.49. The van der Waals surface area contributed by atoms with Gasteiger partial charge in [-0.05, 0) is 33.7 Å². The van der Waals surface area contributed by atoms with Gasteiger partial charge in [-0.2, -0.15) is 0 Å². The molecule has 0 spiro atoms. The topological polar surface area (TPSA) is 51.6 Å². The zero-order chi connectivity index (χ0) is 30.3. The van der Waals surface area contributed by atoms with E-state index in [4.69, 9.17) is 0 Å². The molecule has 0 aliphatic rings. The van der Waals surface area contributed by atoms with Crippen LogP contribution in [0.1, 0.15) is 0 Å². The molecule has 212 valence electrons. The minimum Gasteiger partial charge on any atom is -0.241 e. The van der Waals surface area contributed by atoms with Gasteiger partial charge in [-0.25, -0.2) is 46.3 Å². The lowest BCUT2D eigenvalue weighted by Crippen LogP contribution is -2.06. The first-order valence-corrected chi connectivity index (χ1v) is 13.3. The molecule has 0 aliphatic heterocycles. The molecular formula is C34H14F6N4. The van der Waals surface area contributed by atoms with Crippen LogP contribution in [0.5, 0.6) is 0 Å². The Morgan fingerprint density at radius 1 is 0.318 bits per heavy atom. The van der Waals surface area contributed by atoms with Crippen LogP contribution in [0.2, 0.25) is 0 Å². The van der Waals surface area contributed by atoms with Gasteiger partial charge in [-0.1, -0.05) is 72.8 Å². The Morgan fingerprint density at radius 3 is 1.07 bits per heavy atom. The third kappa shape index (κ3) is 3.73. The zero-order valence-corrected chi connectivity index (χ0v) is 22.1. The third-order valence-corrected chi connectivity index (χ3v) is 7.66. The summed E-state index contributed by atoms with van der Waals surface area (Å²) in [5.74, 6) is -10.6. The summed E-state index contributed by atoms with van der Waals surface area (Å²) in [7, 11) is 0. The van der Waals surface area contributed by atoms with Crippen molar-refractivity contribution in [1.82, 2.24) is 19.9 Å². The normalized spacial score (nSPS) is 11.9. The molecule has 6 aromatic carbocycles. The molecule has 10 heteroatoms. The molecule has 0 N–H and O–H groups in total. The molecule has 0 bridgehead atoms. The van der Waals surface area contributed by atoms with Gasteiger partial charge in [-0.15, -0.1) is 0 Å². The van der Waals surface area contributed by atoms with E-state index < -0.39 is 68.0 Å². The first-order chi connectivity index (χ1) is 21.3. The number of halogens is 6. The summed E-state index contributed by atoms with van der Waals surface area (Å²) < 4.78 is 89.3. The molecule has 4 nitrogen and oxygen atoms in total. The highest BCUT2D eigenvalue weighted by atomic mass is 19.2. The summed E-state index contributed by atoms with van der Waals surface area (Å²) in [6.07, 6.45) is 0. The Bertz CT molecular complexity index is 2360. The number of benzene rings is 6. The van der Waals surface area contributed by atoms with Crippen molar-refractivity contribution in [3.63, 3.8) is 0 Å². The second-order valence-electron chi connectivity index (χ2n) is 10.2. The fourth-order valence-corrected chi connectivity index (χ4v) is 5.49. The maximum Gasteiger partial charge on any atom is 0.199 e. The van der Waals surface area contributed by atoms with Crippen LogP contribution in [0.4, 0.5) is 26.3 Å². The van der Waals surface area contributed by atoms with Crippen molar-refractivity contribution in [2.75, 3.05) is 0 Å². The maximum absolute atomic E-state index is 16.1. The molecule has 0 amide bonds. The van der Waals surface area contributed by atoms with Crippen molar-refractivity contribution in [1.29, 1.82) is 0 Å². The predicted octanol–water partition coefficient (Wildman–Crippen LogP) is 9.20. The predicted molar refractivity (Wildman–Crippen MR) is 156 cm³/mol. The summed E-state index contributed by atoms with van der Waals surface area (Å²) in [5.41, 5.74) is -3.45. The van der Waals surface area contributed by atoms with Crippen LogP contribution in [-0.4, -0.2) is 19.9 Å². The maximum atomic E-state index is 16.1. The van der Waals surface area contributed by atoms with E-state index in [2.05, 4.69) is 19.9 Å². The van der Waals surface area contributed by atoms with Gasteiger partial charge in [0.25, 0.3) is 0 Å². The Kier molecular flexibility index (Phi) is 5.58. The lowest BCUT2D eigenvalue weighted by atomic mass is 9.98. The van der Waals surface area contributed by atoms with Crippen LogP contribution in [-0.2, 0) is 0 Å². The molecule has 0 radical (unpaired) electrons. The molecule has 44 heavy (non-hydrogen) atoms. The van der Waals surface area contributed by atoms with Gasteiger partial charge in [0.05, 0.1) is 11.4 Å². The van der Waals surface area contributed by atoms with E-state index in [9.17, 15) is 17.6 Å². The number of hydrogen-bond donors (Lipinski definition) is 0. The summed E-state index contributed by atoms with van der Waals surface area (Å²) in [4.78, 5) is 16.3.